The molecule has 0 aliphatic heterocycles. The number of methoxy groups -OCH3 is 1. The monoisotopic (exact) mass is 223 g/mol. The first-order chi connectivity index (χ1) is 7.63. The third-order valence-corrected chi connectivity index (χ3v) is 2.36. The lowest BCUT2D eigenvalue weighted by Crippen LogP contribution is -2.36. The Labute approximate surface area is 95.2 Å². The zero-order chi connectivity index (χ0) is 12.0. The van der Waals surface area contributed by atoms with Gasteiger partial charge in [-0.3, -0.25) is 4.79 Å². The Kier molecular flexibility index (Phi) is 4.79. The molecule has 2 N–H and O–H groups in total. The molecule has 0 fully saturated rings. The van der Waals surface area contributed by atoms with E-state index in [9.17, 15) is 4.79 Å². The molecule has 0 aromatic heterocycles. The van der Waals surface area contributed by atoms with Crippen LogP contribution in [0.2, 0.25) is 0 Å². The lowest BCUT2D eigenvalue weighted by Gasteiger charge is -2.11. The van der Waals surface area contributed by atoms with E-state index >= 15 is 0 Å². The van der Waals surface area contributed by atoms with E-state index in [-0.39, 0.29) is 17.8 Å². The molecule has 0 heterocycles. The number of aromatic hydroxyl groups is 1. The van der Waals surface area contributed by atoms with Crippen LogP contribution in [0, 0.1) is 0 Å². The summed E-state index contributed by atoms with van der Waals surface area (Å²) in [5.74, 6) is 0.00495. The topological polar surface area (TPSA) is 58.6 Å². The number of benzene rings is 1. The van der Waals surface area contributed by atoms with Crippen molar-refractivity contribution >= 4 is 5.97 Å². The first-order valence-electron chi connectivity index (χ1n) is 5.22. The number of carbonyl (C=O) groups is 1. The van der Waals surface area contributed by atoms with Crippen LogP contribution in [0.25, 0.3) is 0 Å². The van der Waals surface area contributed by atoms with Crippen molar-refractivity contribution in [3.8, 4) is 5.75 Å². The van der Waals surface area contributed by atoms with Crippen LogP contribution in [0.5, 0.6) is 5.75 Å². The van der Waals surface area contributed by atoms with Crippen LogP contribution in [0.3, 0.4) is 0 Å². The molecule has 0 bridgehead atoms. The number of hydrogen-bond acceptors (Lipinski definition) is 4. The van der Waals surface area contributed by atoms with Gasteiger partial charge >= 0.3 is 5.97 Å². The average molecular weight is 223 g/mol. The summed E-state index contributed by atoms with van der Waals surface area (Å²) in [5.41, 5.74) is 1.11. The van der Waals surface area contributed by atoms with Crippen LogP contribution in [0.15, 0.2) is 24.3 Å². The van der Waals surface area contributed by atoms with E-state index in [1.54, 1.807) is 19.1 Å². The van der Waals surface area contributed by atoms with Gasteiger partial charge in [-0.15, -0.1) is 0 Å². The number of nitrogens with one attached hydrogen (secondary N) is 1. The summed E-state index contributed by atoms with van der Waals surface area (Å²) in [4.78, 5) is 11.1. The Hall–Kier alpha value is -1.55. The molecule has 0 aliphatic rings. The largest absolute Gasteiger partial charge is 0.508 e. The van der Waals surface area contributed by atoms with E-state index in [1.165, 1.54) is 7.11 Å². The van der Waals surface area contributed by atoms with Crippen molar-refractivity contribution in [3.05, 3.63) is 29.8 Å². The Bertz CT molecular complexity index is 335. The Morgan fingerprint density at radius 2 is 2.06 bits per heavy atom. The predicted molar refractivity (Wildman–Crippen MR) is 61.3 cm³/mol. The Morgan fingerprint density at radius 3 is 2.62 bits per heavy atom. The fourth-order valence-corrected chi connectivity index (χ4v) is 1.36. The maximum atomic E-state index is 11.1. The van der Waals surface area contributed by atoms with Crippen LogP contribution in [-0.2, 0) is 16.0 Å². The minimum Gasteiger partial charge on any atom is -0.508 e. The van der Waals surface area contributed by atoms with Gasteiger partial charge in [-0.05, 0) is 37.6 Å². The van der Waals surface area contributed by atoms with Gasteiger partial charge < -0.3 is 15.2 Å². The second-order valence-corrected chi connectivity index (χ2v) is 3.62. The zero-order valence-electron chi connectivity index (χ0n) is 9.56. The molecule has 1 aromatic carbocycles. The number of hydrogen-bond donors (Lipinski definition) is 2. The van der Waals surface area contributed by atoms with Crippen LogP contribution in [-0.4, -0.2) is 30.8 Å². The van der Waals surface area contributed by atoms with Gasteiger partial charge in [0.05, 0.1) is 7.11 Å². The highest BCUT2D eigenvalue weighted by Crippen LogP contribution is 2.09. The quantitative estimate of drug-likeness (QED) is 0.733. The van der Waals surface area contributed by atoms with Crippen molar-refractivity contribution < 1.29 is 14.6 Å². The number of ether oxygens (including phenoxy) is 1. The molecule has 0 radical (unpaired) electrons. The highest BCUT2D eigenvalue weighted by Gasteiger charge is 2.10. The number of phenols is 1. The number of carbonyl (C=O) groups excluding carboxylic acids is 1. The molecule has 1 aromatic rings. The molecular formula is C12H17NO3. The molecule has 4 nitrogen and oxygen atoms in total. The maximum absolute atomic E-state index is 11.1. The average Bonchev–Trinajstić information content (AvgIpc) is 2.30. The summed E-state index contributed by atoms with van der Waals surface area (Å²) in [6.07, 6.45) is 0.807. The summed E-state index contributed by atoms with van der Waals surface area (Å²) < 4.78 is 4.60. The normalized spacial score (nSPS) is 12.1. The molecule has 1 unspecified atom stereocenters. The SMILES string of the molecule is COC(=O)C(C)NCCc1ccc(O)cc1. The zero-order valence-corrected chi connectivity index (χ0v) is 9.56. The van der Waals surface area contributed by atoms with Crippen LogP contribution < -0.4 is 5.32 Å². The van der Waals surface area contributed by atoms with Gasteiger partial charge in [-0.1, -0.05) is 12.1 Å². The summed E-state index contributed by atoms with van der Waals surface area (Å²) in [6.45, 7) is 2.46. The molecule has 0 saturated carbocycles. The molecule has 4 heteroatoms. The number of esters is 1. The molecule has 88 valence electrons. The molecular weight excluding hydrogens is 206 g/mol. The van der Waals surface area contributed by atoms with Gasteiger partial charge in [0.1, 0.15) is 11.8 Å². The van der Waals surface area contributed by atoms with Crippen molar-refractivity contribution in [3.63, 3.8) is 0 Å². The van der Waals surface area contributed by atoms with Gasteiger partial charge in [0, 0.05) is 0 Å². The lowest BCUT2D eigenvalue weighted by atomic mass is 10.1. The van der Waals surface area contributed by atoms with Gasteiger partial charge in [0.25, 0.3) is 0 Å². The van der Waals surface area contributed by atoms with Crippen molar-refractivity contribution in [1.82, 2.24) is 5.32 Å². The molecule has 1 rings (SSSR count). The molecule has 0 amide bonds. The first-order valence-corrected chi connectivity index (χ1v) is 5.22. The minimum absolute atomic E-state index is 0.259. The third kappa shape index (κ3) is 3.90. The lowest BCUT2D eigenvalue weighted by molar-refractivity contribution is -0.142. The van der Waals surface area contributed by atoms with Crippen LogP contribution in [0.1, 0.15) is 12.5 Å². The van der Waals surface area contributed by atoms with E-state index in [2.05, 4.69) is 10.1 Å². The molecule has 0 aliphatic carbocycles. The summed E-state index contributed by atoms with van der Waals surface area (Å²) >= 11 is 0. The fourth-order valence-electron chi connectivity index (χ4n) is 1.36. The van der Waals surface area contributed by atoms with E-state index in [4.69, 9.17) is 5.11 Å². The second kappa shape index (κ2) is 6.12. The van der Waals surface area contributed by atoms with Crippen LogP contribution in [0.4, 0.5) is 0 Å². The molecule has 0 spiro atoms. The van der Waals surface area contributed by atoms with E-state index in [0.29, 0.717) is 6.54 Å². The Balaban J connectivity index is 2.30. The van der Waals surface area contributed by atoms with Gasteiger partial charge in [0.15, 0.2) is 0 Å². The predicted octanol–water partition coefficient (Wildman–Crippen LogP) is 1.09. The first kappa shape index (κ1) is 12.5. The van der Waals surface area contributed by atoms with Gasteiger partial charge in [0.2, 0.25) is 0 Å². The van der Waals surface area contributed by atoms with Gasteiger partial charge in [-0.25, -0.2) is 0 Å². The van der Waals surface area contributed by atoms with Crippen molar-refractivity contribution in [1.29, 1.82) is 0 Å². The van der Waals surface area contributed by atoms with E-state index in [0.717, 1.165) is 12.0 Å². The fraction of sp³-hybridized carbons (Fsp3) is 0.417. The van der Waals surface area contributed by atoms with Crippen LogP contribution >= 0.6 is 0 Å². The van der Waals surface area contributed by atoms with Crippen molar-refractivity contribution in [2.45, 2.75) is 19.4 Å². The molecule has 0 saturated heterocycles. The summed E-state index contributed by atoms with van der Waals surface area (Å²) in [7, 11) is 1.38. The standard InChI is InChI=1S/C12H17NO3/c1-9(12(15)16-2)13-8-7-10-3-5-11(14)6-4-10/h3-6,9,13-14H,7-8H2,1-2H3. The summed E-state index contributed by atoms with van der Waals surface area (Å²) in [6, 6.07) is 6.74. The highest BCUT2D eigenvalue weighted by atomic mass is 16.5. The molecule has 1 atom stereocenters. The van der Waals surface area contributed by atoms with E-state index in [1.807, 2.05) is 12.1 Å². The third-order valence-electron chi connectivity index (χ3n) is 2.36. The second-order valence-electron chi connectivity index (χ2n) is 3.62. The smallest absolute Gasteiger partial charge is 0.322 e. The maximum Gasteiger partial charge on any atom is 0.322 e. The summed E-state index contributed by atoms with van der Waals surface area (Å²) in [5, 5.41) is 12.2. The van der Waals surface area contributed by atoms with Crippen molar-refractivity contribution in [2.75, 3.05) is 13.7 Å². The Morgan fingerprint density at radius 1 is 1.44 bits per heavy atom. The van der Waals surface area contributed by atoms with E-state index < -0.39 is 0 Å². The molecule has 16 heavy (non-hydrogen) atoms. The number of rotatable bonds is 5. The number of phenolic OH excluding ortho intramolecular Hbond substituents is 1. The minimum atomic E-state index is -0.290. The van der Waals surface area contributed by atoms with Gasteiger partial charge in [-0.2, -0.15) is 0 Å². The highest BCUT2D eigenvalue weighted by molar-refractivity contribution is 5.75. The van der Waals surface area contributed by atoms with Crippen molar-refractivity contribution in [2.24, 2.45) is 0 Å².